The Labute approximate surface area is 252 Å². The lowest BCUT2D eigenvalue weighted by Crippen LogP contribution is -2.51. The molecule has 11 heteroatoms. The highest BCUT2D eigenvalue weighted by Crippen LogP contribution is 2.41. The van der Waals surface area contributed by atoms with Crippen molar-refractivity contribution in [1.29, 1.82) is 0 Å². The summed E-state index contributed by atoms with van der Waals surface area (Å²) in [5.41, 5.74) is -1.04. The highest BCUT2D eigenvalue weighted by molar-refractivity contribution is 6.00. The fourth-order valence-corrected chi connectivity index (χ4v) is 7.62. The molecule has 0 unspecified atom stereocenters. The van der Waals surface area contributed by atoms with Gasteiger partial charge in [0.1, 0.15) is 41.8 Å². The van der Waals surface area contributed by atoms with Crippen molar-refractivity contribution < 1.29 is 27.4 Å². The molecule has 1 N–H and O–H groups in total. The average Bonchev–Trinajstić information content (AvgIpc) is 3.50. The first-order chi connectivity index (χ1) is 21.1. The van der Waals surface area contributed by atoms with Gasteiger partial charge in [-0.1, -0.05) is 31.2 Å². The van der Waals surface area contributed by atoms with Crippen molar-refractivity contribution >= 4 is 27.5 Å². The van der Waals surface area contributed by atoms with Crippen molar-refractivity contribution in [2.24, 2.45) is 0 Å². The first kappa shape index (κ1) is 29.2. The molecule has 3 fully saturated rings. The molecule has 3 aliphatic rings. The number of hydrogen-bond acceptors (Lipinski definition) is 7. The summed E-state index contributed by atoms with van der Waals surface area (Å²) in [6.07, 6.45) is 1.55. The summed E-state index contributed by atoms with van der Waals surface area (Å²) in [5, 5.41) is 12.3. The molecule has 0 aliphatic carbocycles. The predicted molar refractivity (Wildman–Crippen MR) is 160 cm³/mol. The molecule has 4 atom stereocenters. The number of nitrogens with zero attached hydrogens (tertiary/aromatic N) is 5. The Kier molecular flexibility index (Phi) is 7.16. The molecule has 4 aromatic rings. The number of pyridine rings is 1. The topological polar surface area (TPSA) is 74.6 Å². The summed E-state index contributed by atoms with van der Waals surface area (Å²) in [6.45, 7) is 4.65. The summed E-state index contributed by atoms with van der Waals surface area (Å²) in [5.74, 6) is -0.935. The first-order valence-electron chi connectivity index (χ1n) is 15.3. The van der Waals surface area contributed by atoms with Gasteiger partial charge in [-0.3, -0.25) is 9.88 Å². The molecule has 3 saturated heterocycles. The Morgan fingerprint density at radius 1 is 1.07 bits per heavy atom. The van der Waals surface area contributed by atoms with Crippen molar-refractivity contribution in [1.82, 2.24) is 19.9 Å². The SMILES string of the molecule is CCc1c(F)ccc2cccc(-c3ncc4c(N5C[C@@H](F)C[C@@](C)(O)C5)nc(OC[C@@]56CCCN5C[C@H](F)C6)nc4c3F)c12. The van der Waals surface area contributed by atoms with Gasteiger partial charge in [0, 0.05) is 37.7 Å². The lowest BCUT2D eigenvalue weighted by Gasteiger charge is -2.39. The summed E-state index contributed by atoms with van der Waals surface area (Å²) in [4.78, 5) is 17.2. The fourth-order valence-electron chi connectivity index (χ4n) is 7.62. The Morgan fingerprint density at radius 2 is 1.89 bits per heavy atom. The molecular weight excluding hydrogens is 574 g/mol. The van der Waals surface area contributed by atoms with Gasteiger partial charge in [-0.2, -0.15) is 9.97 Å². The van der Waals surface area contributed by atoms with Crippen molar-refractivity contribution in [3.05, 3.63) is 53.7 Å². The zero-order valence-electron chi connectivity index (χ0n) is 24.8. The summed E-state index contributed by atoms with van der Waals surface area (Å²) in [6, 6.07) is 8.26. The highest BCUT2D eigenvalue weighted by Gasteiger charge is 2.49. The van der Waals surface area contributed by atoms with Crippen LogP contribution in [0.3, 0.4) is 0 Å². The van der Waals surface area contributed by atoms with E-state index in [0.717, 1.165) is 24.8 Å². The molecule has 7 nitrogen and oxygen atoms in total. The van der Waals surface area contributed by atoms with Crippen LogP contribution in [0.4, 0.5) is 23.4 Å². The van der Waals surface area contributed by atoms with Crippen molar-refractivity contribution in [3.63, 3.8) is 0 Å². The second-order valence-corrected chi connectivity index (χ2v) is 12.8. The van der Waals surface area contributed by atoms with Crippen LogP contribution in [-0.2, 0) is 6.42 Å². The molecule has 3 aliphatic heterocycles. The van der Waals surface area contributed by atoms with E-state index in [2.05, 4.69) is 19.9 Å². The number of ether oxygens (including phenoxy) is 1. The number of fused-ring (bicyclic) bond motifs is 3. The lowest BCUT2D eigenvalue weighted by atomic mass is 9.93. The lowest BCUT2D eigenvalue weighted by molar-refractivity contribution is 0.0164. The van der Waals surface area contributed by atoms with Crippen LogP contribution >= 0.6 is 0 Å². The molecule has 2 aromatic carbocycles. The van der Waals surface area contributed by atoms with E-state index < -0.39 is 29.3 Å². The van der Waals surface area contributed by atoms with E-state index in [0.29, 0.717) is 35.9 Å². The zero-order valence-corrected chi connectivity index (χ0v) is 24.8. The second-order valence-electron chi connectivity index (χ2n) is 12.8. The Hall–Kier alpha value is -3.57. The number of benzene rings is 2. The number of piperidine rings is 1. The highest BCUT2D eigenvalue weighted by atomic mass is 19.1. The Morgan fingerprint density at radius 3 is 2.68 bits per heavy atom. The van der Waals surface area contributed by atoms with E-state index in [1.54, 1.807) is 30.0 Å². The van der Waals surface area contributed by atoms with Crippen LogP contribution in [0.15, 0.2) is 36.5 Å². The van der Waals surface area contributed by atoms with E-state index in [1.807, 2.05) is 13.0 Å². The van der Waals surface area contributed by atoms with E-state index in [9.17, 15) is 18.3 Å². The van der Waals surface area contributed by atoms with Crippen LogP contribution in [-0.4, -0.2) is 81.2 Å². The number of aryl methyl sites for hydroxylation is 1. The number of hydrogen-bond donors (Lipinski definition) is 1. The van der Waals surface area contributed by atoms with Gasteiger partial charge in [0.15, 0.2) is 5.82 Å². The minimum absolute atomic E-state index is 0.00960. The van der Waals surface area contributed by atoms with Gasteiger partial charge < -0.3 is 14.7 Å². The second kappa shape index (κ2) is 10.8. The minimum atomic E-state index is -1.34. The van der Waals surface area contributed by atoms with Crippen molar-refractivity contribution in [3.8, 4) is 17.3 Å². The van der Waals surface area contributed by atoms with Gasteiger partial charge in [0.05, 0.1) is 23.1 Å². The fraction of sp³-hybridized carbons (Fsp3) is 0.485. The van der Waals surface area contributed by atoms with Crippen LogP contribution in [0.1, 0.15) is 45.1 Å². The molecule has 44 heavy (non-hydrogen) atoms. The number of rotatable bonds is 6. The summed E-state index contributed by atoms with van der Waals surface area (Å²) < 4.78 is 66.9. The monoisotopic (exact) mass is 609 g/mol. The third-order valence-corrected chi connectivity index (χ3v) is 9.49. The maximum absolute atomic E-state index is 16.7. The van der Waals surface area contributed by atoms with Crippen LogP contribution in [0.25, 0.3) is 32.9 Å². The van der Waals surface area contributed by atoms with E-state index in [4.69, 9.17) is 4.74 Å². The first-order valence-corrected chi connectivity index (χ1v) is 15.3. The quantitative estimate of drug-likeness (QED) is 0.271. The van der Waals surface area contributed by atoms with Gasteiger partial charge in [-0.25, -0.2) is 17.6 Å². The van der Waals surface area contributed by atoms with Crippen LogP contribution in [0, 0.1) is 11.6 Å². The van der Waals surface area contributed by atoms with E-state index in [1.165, 1.54) is 12.3 Å². The number of aromatic nitrogens is 3. The number of β-amino-alcohol motifs (C(OH)–C–C–N with tert-alkyl or cyclic N) is 1. The molecule has 232 valence electrons. The van der Waals surface area contributed by atoms with Gasteiger partial charge in [0.2, 0.25) is 0 Å². The molecule has 2 aromatic heterocycles. The molecule has 0 radical (unpaired) electrons. The zero-order chi connectivity index (χ0) is 30.8. The average molecular weight is 610 g/mol. The number of alkyl halides is 2. The third kappa shape index (κ3) is 4.94. The largest absolute Gasteiger partial charge is 0.461 e. The Bertz CT molecular complexity index is 1750. The summed E-state index contributed by atoms with van der Waals surface area (Å²) >= 11 is 0. The maximum atomic E-state index is 16.7. The van der Waals surface area contributed by atoms with Crippen LogP contribution < -0.4 is 9.64 Å². The van der Waals surface area contributed by atoms with Crippen LogP contribution in [0.2, 0.25) is 0 Å². The smallest absolute Gasteiger partial charge is 0.319 e. The van der Waals surface area contributed by atoms with E-state index in [-0.39, 0.29) is 60.4 Å². The van der Waals surface area contributed by atoms with Gasteiger partial charge in [-0.05, 0) is 55.1 Å². The molecule has 5 heterocycles. The molecule has 0 amide bonds. The summed E-state index contributed by atoms with van der Waals surface area (Å²) in [7, 11) is 0. The molecule has 7 rings (SSSR count). The van der Waals surface area contributed by atoms with Gasteiger partial charge in [0.25, 0.3) is 0 Å². The third-order valence-electron chi connectivity index (χ3n) is 9.49. The molecular formula is C33H35F4N5O2. The minimum Gasteiger partial charge on any atom is -0.461 e. The van der Waals surface area contributed by atoms with Gasteiger partial charge >= 0.3 is 6.01 Å². The van der Waals surface area contributed by atoms with Crippen molar-refractivity contribution in [2.45, 2.75) is 69.4 Å². The van der Waals surface area contributed by atoms with E-state index >= 15 is 4.39 Å². The normalized spacial score (nSPS) is 27.4. The number of aliphatic hydroxyl groups is 1. The maximum Gasteiger partial charge on any atom is 0.319 e. The van der Waals surface area contributed by atoms with Gasteiger partial charge in [-0.15, -0.1) is 0 Å². The molecule has 0 saturated carbocycles. The van der Waals surface area contributed by atoms with Crippen LogP contribution in [0.5, 0.6) is 6.01 Å². The molecule has 0 bridgehead atoms. The number of halogens is 4. The van der Waals surface area contributed by atoms with Crippen molar-refractivity contribution in [2.75, 3.05) is 37.7 Å². The standard InChI is InChI=1S/C33H35F4N5O2/c1-3-22-25(36)9-8-19-6-4-7-23(26(19)22)28-27(37)29-24(14-38-28)30(41-15-20(34)12-32(2,43)17-41)40-31(39-29)44-18-33-10-5-11-42(33)16-21(35)13-33/h4,6-9,14,20-21,43H,3,5,10-13,15-18H2,1-2H3/t20-,21+,32+,33-/m0/s1. The number of anilines is 1. The molecule has 0 spiro atoms. The predicted octanol–water partition coefficient (Wildman–Crippen LogP) is 5.94. The Balaban J connectivity index is 1.37.